The summed E-state index contributed by atoms with van der Waals surface area (Å²) in [5.74, 6) is 5.76. The molecule has 0 saturated carbocycles. The molecule has 70 valence electrons. The summed E-state index contributed by atoms with van der Waals surface area (Å²) < 4.78 is 0. The standard InChI is InChI=1S/C11H11N3/c1-2-11(13)4-3-9-5-10(6-12)8-14-7-9/h5,7-8,11H,2,13H2,1H3. The van der Waals surface area contributed by atoms with Crippen molar-refractivity contribution in [3.05, 3.63) is 29.6 Å². The van der Waals surface area contributed by atoms with Gasteiger partial charge in [0.2, 0.25) is 0 Å². The van der Waals surface area contributed by atoms with Gasteiger partial charge in [-0.1, -0.05) is 18.8 Å². The van der Waals surface area contributed by atoms with Gasteiger partial charge in [-0.25, -0.2) is 0 Å². The minimum atomic E-state index is -0.110. The average molecular weight is 185 g/mol. The molecule has 0 aliphatic carbocycles. The molecule has 1 aromatic heterocycles. The smallest absolute Gasteiger partial charge is 0.101 e. The fourth-order valence-corrected chi connectivity index (χ4v) is 0.848. The lowest BCUT2D eigenvalue weighted by Gasteiger charge is -1.95. The lowest BCUT2D eigenvalue weighted by atomic mass is 10.2. The molecular weight excluding hydrogens is 174 g/mol. The second-order valence-corrected chi connectivity index (χ2v) is 2.86. The van der Waals surface area contributed by atoms with Crippen LogP contribution in [0.15, 0.2) is 18.5 Å². The number of nitrogens with zero attached hydrogens (tertiary/aromatic N) is 2. The Hall–Kier alpha value is -1.84. The molecule has 0 fully saturated rings. The normalized spacial score (nSPS) is 10.9. The third-order valence-corrected chi connectivity index (χ3v) is 1.71. The van der Waals surface area contributed by atoms with E-state index in [-0.39, 0.29) is 6.04 Å². The van der Waals surface area contributed by atoms with Crippen LogP contribution in [0.2, 0.25) is 0 Å². The largest absolute Gasteiger partial charge is 0.318 e. The number of hydrogen-bond donors (Lipinski definition) is 1. The van der Waals surface area contributed by atoms with Crippen LogP contribution in [0.1, 0.15) is 24.5 Å². The maximum atomic E-state index is 8.62. The average Bonchev–Trinajstić information content (AvgIpc) is 2.26. The van der Waals surface area contributed by atoms with Crippen LogP contribution in [0, 0.1) is 23.2 Å². The summed E-state index contributed by atoms with van der Waals surface area (Å²) in [7, 11) is 0. The SMILES string of the molecule is CCC(N)C#Cc1cncc(C#N)c1. The molecule has 1 heterocycles. The Morgan fingerprint density at radius 3 is 2.86 bits per heavy atom. The number of nitriles is 1. The number of aromatic nitrogens is 1. The predicted octanol–water partition coefficient (Wildman–Crippen LogP) is 1.04. The van der Waals surface area contributed by atoms with Crippen molar-refractivity contribution >= 4 is 0 Å². The second-order valence-electron chi connectivity index (χ2n) is 2.86. The van der Waals surface area contributed by atoms with Gasteiger partial charge in [0.1, 0.15) is 6.07 Å². The zero-order valence-corrected chi connectivity index (χ0v) is 7.99. The summed E-state index contributed by atoms with van der Waals surface area (Å²) in [6.45, 7) is 1.98. The van der Waals surface area contributed by atoms with E-state index in [9.17, 15) is 0 Å². The Labute approximate surface area is 83.6 Å². The molecule has 1 atom stereocenters. The van der Waals surface area contributed by atoms with Gasteiger partial charge < -0.3 is 5.73 Å². The quantitative estimate of drug-likeness (QED) is 0.665. The fraction of sp³-hybridized carbons (Fsp3) is 0.273. The van der Waals surface area contributed by atoms with Crippen LogP contribution >= 0.6 is 0 Å². The molecule has 0 amide bonds. The van der Waals surface area contributed by atoms with Gasteiger partial charge in [0.15, 0.2) is 0 Å². The summed E-state index contributed by atoms with van der Waals surface area (Å²) in [5, 5.41) is 8.62. The predicted molar refractivity (Wildman–Crippen MR) is 54.1 cm³/mol. The monoisotopic (exact) mass is 185 g/mol. The van der Waals surface area contributed by atoms with E-state index in [2.05, 4.69) is 16.8 Å². The summed E-state index contributed by atoms with van der Waals surface area (Å²) in [5.41, 5.74) is 6.88. The van der Waals surface area contributed by atoms with Crippen LogP contribution in [0.25, 0.3) is 0 Å². The molecule has 0 radical (unpaired) electrons. The van der Waals surface area contributed by atoms with Crippen LogP contribution in [0.5, 0.6) is 0 Å². The van der Waals surface area contributed by atoms with Crippen LogP contribution in [0.4, 0.5) is 0 Å². The van der Waals surface area contributed by atoms with E-state index in [1.807, 2.05) is 13.0 Å². The van der Waals surface area contributed by atoms with Gasteiger partial charge in [-0.05, 0) is 12.5 Å². The third-order valence-electron chi connectivity index (χ3n) is 1.71. The Balaban J connectivity index is 2.86. The third kappa shape index (κ3) is 2.90. The number of nitrogens with two attached hydrogens (primary N) is 1. The van der Waals surface area contributed by atoms with Crippen LogP contribution in [0.3, 0.4) is 0 Å². The molecule has 14 heavy (non-hydrogen) atoms. The lowest BCUT2D eigenvalue weighted by molar-refractivity contribution is 0.806. The summed E-state index contributed by atoms with van der Waals surface area (Å²) >= 11 is 0. The number of rotatable bonds is 1. The van der Waals surface area contributed by atoms with E-state index in [0.29, 0.717) is 5.56 Å². The molecule has 0 aromatic carbocycles. The van der Waals surface area contributed by atoms with E-state index in [1.165, 1.54) is 6.20 Å². The molecule has 3 heteroatoms. The van der Waals surface area contributed by atoms with Crippen molar-refractivity contribution in [1.29, 1.82) is 5.26 Å². The molecular formula is C11H11N3. The molecule has 0 spiro atoms. The van der Waals surface area contributed by atoms with Gasteiger partial charge in [-0.3, -0.25) is 4.98 Å². The van der Waals surface area contributed by atoms with Crippen molar-refractivity contribution in [3.8, 4) is 17.9 Å². The highest BCUT2D eigenvalue weighted by Gasteiger charge is 1.93. The molecule has 0 aliphatic heterocycles. The van der Waals surface area contributed by atoms with Crippen molar-refractivity contribution in [3.63, 3.8) is 0 Å². The van der Waals surface area contributed by atoms with Gasteiger partial charge in [-0.15, -0.1) is 0 Å². The molecule has 1 aromatic rings. The van der Waals surface area contributed by atoms with E-state index >= 15 is 0 Å². The molecule has 2 N–H and O–H groups in total. The highest BCUT2D eigenvalue weighted by Crippen LogP contribution is 1.99. The van der Waals surface area contributed by atoms with Crippen molar-refractivity contribution < 1.29 is 0 Å². The van der Waals surface area contributed by atoms with E-state index in [0.717, 1.165) is 12.0 Å². The van der Waals surface area contributed by atoms with Crippen molar-refractivity contribution in [2.45, 2.75) is 19.4 Å². The maximum Gasteiger partial charge on any atom is 0.101 e. The molecule has 0 bridgehead atoms. The first kappa shape index (κ1) is 10.2. The van der Waals surface area contributed by atoms with Crippen molar-refractivity contribution in [2.75, 3.05) is 0 Å². The first-order valence-electron chi connectivity index (χ1n) is 4.38. The zero-order chi connectivity index (χ0) is 10.4. The Morgan fingerprint density at radius 2 is 2.21 bits per heavy atom. The van der Waals surface area contributed by atoms with Gasteiger partial charge in [0.05, 0.1) is 11.6 Å². The first-order valence-corrected chi connectivity index (χ1v) is 4.38. The summed E-state index contributed by atoms with van der Waals surface area (Å²) in [6, 6.07) is 3.59. The number of hydrogen-bond acceptors (Lipinski definition) is 3. The maximum absolute atomic E-state index is 8.62. The topological polar surface area (TPSA) is 62.7 Å². The van der Waals surface area contributed by atoms with Crippen LogP contribution in [-0.4, -0.2) is 11.0 Å². The number of pyridine rings is 1. The van der Waals surface area contributed by atoms with E-state index < -0.39 is 0 Å². The lowest BCUT2D eigenvalue weighted by Crippen LogP contribution is -2.15. The highest BCUT2D eigenvalue weighted by molar-refractivity contribution is 5.39. The van der Waals surface area contributed by atoms with Gasteiger partial charge >= 0.3 is 0 Å². The molecule has 1 unspecified atom stereocenters. The van der Waals surface area contributed by atoms with Gasteiger partial charge in [0, 0.05) is 18.0 Å². The van der Waals surface area contributed by atoms with Gasteiger partial charge in [-0.2, -0.15) is 5.26 Å². The Bertz CT molecular complexity index is 407. The Morgan fingerprint density at radius 1 is 1.50 bits per heavy atom. The highest BCUT2D eigenvalue weighted by atomic mass is 14.6. The van der Waals surface area contributed by atoms with Crippen molar-refractivity contribution in [2.24, 2.45) is 5.73 Å². The summed E-state index contributed by atoms with van der Waals surface area (Å²) in [4.78, 5) is 3.89. The molecule has 0 aliphatic rings. The summed E-state index contributed by atoms with van der Waals surface area (Å²) in [6.07, 6.45) is 3.94. The van der Waals surface area contributed by atoms with Crippen LogP contribution < -0.4 is 5.73 Å². The second kappa shape index (κ2) is 5.01. The molecule has 3 nitrogen and oxygen atoms in total. The van der Waals surface area contributed by atoms with Crippen LogP contribution in [-0.2, 0) is 0 Å². The Kier molecular flexibility index (Phi) is 3.67. The minimum absolute atomic E-state index is 0.110. The van der Waals surface area contributed by atoms with E-state index in [4.69, 9.17) is 11.0 Å². The van der Waals surface area contributed by atoms with Crippen molar-refractivity contribution in [1.82, 2.24) is 4.98 Å². The molecule has 1 rings (SSSR count). The van der Waals surface area contributed by atoms with E-state index in [1.54, 1.807) is 12.3 Å². The fourth-order valence-electron chi connectivity index (χ4n) is 0.848. The minimum Gasteiger partial charge on any atom is -0.318 e. The first-order chi connectivity index (χ1) is 6.76. The zero-order valence-electron chi connectivity index (χ0n) is 7.99. The van der Waals surface area contributed by atoms with Gasteiger partial charge in [0.25, 0.3) is 0 Å². The molecule has 0 saturated heterocycles.